The fraction of sp³-hybridized carbons (Fsp3) is 0.200. The molecule has 0 saturated carbocycles. The Kier molecular flexibility index (Phi) is 8.78. The maximum Gasteiger partial charge on any atom is 0.347 e. The number of benzene rings is 4. The number of carbonyl (C=O) groups is 2. The number of carbonyl (C=O) groups excluding carboxylic acids is 2. The van der Waals surface area contributed by atoms with Crippen molar-refractivity contribution in [1.82, 2.24) is 0 Å². The molecule has 0 unspecified atom stereocenters. The monoisotopic (exact) mass is 550 g/mol. The van der Waals surface area contributed by atoms with E-state index in [9.17, 15) is 9.59 Å². The Labute approximate surface area is 230 Å². The molecule has 4 rings (SSSR count). The van der Waals surface area contributed by atoms with Gasteiger partial charge in [0.2, 0.25) is 11.5 Å². The molecule has 0 bridgehead atoms. The molecule has 0 aromatic heterocycles. The second kappa shape index (κ2) is 12.4. The Morgan fingerprint density at radius 2 is 1.10 bits per heavy atom. The highest BCUT2D eigenvalue weighted by molar-refractivity contribution is 6.31. The second-order valence-corrected chi connectivity index (χ2v) is 8.49. The zero-order valence-corrected chi connectivity index (χ0v) is 22.7. The van der Waals surface area contributed by atoms with Gasteiger partial charge in [0.25, 0.3) is 0 Å². The van der Waals surface area contributed by atoms with E-state index in [0.29, 0.717) is 27.3 Å². The summed E-state index contributed by atoms with van der Waals surface area (Å²) >= 11 is 6.36. The number of fused-ring (bicyclic) bond motifs is 1. The van der Waals surface area contributed by atoms with Crippen molar-refractivity contribution < 1.29 is 38.0 Å². The quantitative estimate of drug-likeness (QED) is 0.158. The molecular formula is C30H27ClO8. The first-order valence-corrected chi connectivity index (χ1v) is 12.6. The van der Waals surface area contributed by atoms with Crippen molar-refractivity contribution in [2.24, 2.45) is 0 Å². The molecule has 4 aromatic carbocycles. The maximum atomic E-state index is 13.3. The van der Waals surface area contributed by atoms with Crippen LogP contribution in [0.1, 0.15) is 34.6 Å². The highest BCUT2D eigenvalue weighted by atomic mass is 35.5. The van der Waals surface area contributed by atoms with Crippen LogP contribution in [0.2, 0.25) is 5.02 Å². The van der Waals surface area contributed by atoms with Gasteiger partial charge in [0.05, 0.1) is 27.4 Å². The van der Waals surface area contributed by atoms with Gasteiger partial charge >= 0.3 is 11.9 Å². The van der Waals surface area contributed by atoms with Crippen molar-refractivity contribution in [2.75, 3.05) is 27.4 Å². The first kappa shape index (κ1) is 27.6. The third kappa shape index (κ3) is 5.71. The number of hydrogen-bond donors (Lipinski definition) is 0. The van der Waals surface area contributed by atoms with Crippen LogP contribution in [-0.2, 0) is 0 Å². The van der Waals surface area contributed by atoms with Crippen molar-refractivity contribution in [3.8, 4) is 34.5 Å². The van der Waals surface area contributed by atoms with E-state index in [1.807, 2.05) is 0 Å². The predicted octanol–water partition coefficient (Wildman–Crippen LogP) is 6.75. The van der Waals surface area contributed by atoms with E-state index >= 15 is 0 Å². The summed E-state index contributed by atoms with van der Waals surface area (Å²) in [6, 6.07) is 18.3. The summed E-state index contributed by atoms with van der Waals surface area (Å²) in [5.74, 6) is -0.344. The van der Waals surface area contributed by atoms with Gasteiger partial charge in [-0.3, -0.25) is 0 Å². The lowest BCUT2D eigenvalue weighted by Crippen LogP contribution is -2.14. The minimum atomic E-state index is -0.684. The lowest BCUT2D eigenvalue weighted by atomic mass is 10.1. The maximum absolute atomic E-state index is 13.3. The lowest BCUT2D eigenvalue weighted by molar-refractivity contribution is 0.0708. The Balaban J connectivity index is 1.93. The molecule has 0 aliphatic carbocycles. The van der Waals surface area contributed by atoms with Crippen LogP contribution >= 0.6 is 11.6 Å². The summed E-state index contributed by atoms with van der Waals surface area (Å²) in [5.41, 5.74) is 0.427. The molecule has 39 heavy (non-hydrogen) atoms. The van der Waals surface area contributed by atoms with Crippen molar-refractivity contribution in [2.45, 2.75) is 13.8 Å². The molecule has 0 aliphatic rings. The van der Waals surface area contributed by atoms with Gasteiger partial charge in [0, 0.05) is 15.8 Å². The first-order valence-electron chi connectivity index (χ1n) is 12.2. The van der Waals surface area contributed by atoms with Crippen LogP contribution in [0, 0.1) is 0 Å². The number of ether oxygens (including phenoxy) is 6. The van der Waals surface area contributed by atoms with Crippen LogP contribution in [0.25, 0.3) is 10.8 Å². The number of esters is 2. The normalized spacial score (nSPS) is 10.6. The molecule has 0 fully saturated rings. The summed E-state index contributed by atoms with van der Waals surface area (Å²) in [5, 5.41) is 1.16. The van der Waals surface area contributed by atoms with Gasteiger partial charge in [-0.2, -0.15) is 0 Å². The number of para-hydroxylation sites is 2. The topological polar surface area (TPSA) is 89.5 Å². The van der Waals surface area contributed by atoms with E-state index < -0.39 is 11.9 Å². The van der Waals surface area contributed by atoms with Crippen LogP contribution in [0.5, 0.6) is 34.5 Å². The number of methoxy groups -OCH3 is 2. The van der Waals surface area contributed by atoms with Gasteiger partial charge in [-0.25, -0.2) is 9.59 Å². The predicted molar refractivity (Wildman–Crippen MR) is 147 cm³/mol. The molecule has 0 spiro atoms. The van der Waals surface area contributed by atoms with E-state index in [1.54, 1.807) is 80.6 Å². The zero-order valence-electron chi connectivity index (χ0n) is 21.9. The molecule has 0 saturated heterocycles. The molecule has 0 N–H and O–H groups in total. The fourth-order valence-electron chi connectivity index (χ4n) is 4.03. The van der Waals surface area contributed by atoms with Crippen LogP contribution in [0.3, 0.4) is 0 Å². The average molecular weight is 551 g/mol. The van der Waals surface area contributed by atoms with Crippen LogP contribution in [0.15, 0.2) is 66.7 Å². The molecule has 9 heteroatoms. The van der Waals surface area contributed by atoms with Crippen LogP contribution < -0.4 is 28.4 Å². The number of hydrogen-bond acceptors (Lipinski definition) is 8. The molecule has 0 atom stereocenters. The van der Waals surface area contributed by atoms with Gasteiger partial charge in [-0.15, -0.1) is 0 Å². The zero-order chi connectivity index (χ0) is 27.9. The van der Waals surface area contributed by atoms with Gasteiger partial charge in [-0.05, 0) is 56.3 Å². The second-order valence-electron chi connectivity index (χ2n) is 8.05. The van der Waals surface area contributed by atoms with Gasteiger partial charge in [0.1, 0.15) is 22.6 Å². The highest BCUT2D eigenvalue weighted by Gasteiger charge is 2.29. The summed E-state index contributed by atoms with van der Waals surface area (Å²) in [4.78, 5) is 26.7. The molecule has 8 nitrogen and oxygen atoms in total. The SMILES string of the molecule is CCOc1c(OCC)c(OC(=O)c2ccccc2OC)c2cc(Cl)ccc2c1OC(=O)c1ccccc1OC. The number of halogens is 1. The van der Waals surface area contributed by atoms with Gasteiger partial charge in [-0.1, -0.05) is 35.9 Å². The Bertz CT molecular complexity index is 1510. The highest BCUT2D eigenvalue weighted by Crippen LogP contribution is 2.52. The minimum absolute atomic E-state index is 0.0609. The summed E-state index contributed by atoms with van der Waals surface area (Å²) in [6.45, 7) is 3.95. The minimum Gasteiger partial charge on any atom is -0.496 e. The van der Waals surface area contributed by atoms with Crippen molar-refractivity contribution in [1.29, 1.82) is 0 Å². The Morgan fingerprint density at radius 3 is 1.56 bits per heavy atom. The molecule has 0 aliphatic heterocycles. The molecular weight excluding hydrogens is 524 g/mol. The first-order chi connectivity index (χ1) is 18.9. The van der Waals surface area contributed by atoms with Crippen molar-refractivity contribution in [3.63, 3.8) is 0 Å². The van der Waals surface area contributed by atoms with E-state index in [-0.39, 0.29) is 47.3 Å². The third-order valence-corrected chi connectivity index (χ3v) is 5.95. The van der Waals surface area contributed by atoms with Crippen molar-refractivity contribution >= 4 is 34.3 Å². The molecule has 0 heterocycles. The largest absolute Gasteiger partial charge is 0.496 e. The number of rotatable bonds is 10. The van der Waals surface area contributed by atoms with Crippen molar-refractivity contribution in [3.05, 3.63) is 82.9 Å². The smallest absolute Gasteiger partial charge is 0.347 e. The Hall–Kier alpha value is -4.43. The average Bonchev–Trinajstić information content (AvgIpc) is 2.96. The van der Waals surface area contributed by atoms with E-state index in [0.717, 1.165) is 0 Å². The van der Waals surface area contributed by atoms with Crippen LogP contribution in [0.4, 0.5) is 0 Å². The summed E-state index contributed by atoms with van der Waals surface area (Å²) in [6.07, 6.45) is 0. The molecule has 0 radical (unpaired) electrons. The lowest BCUT2D eigenvalue weighted by Gasteiger charge is -2.21. The van der Waals surface area contributed by atoms with E-state index in [2.05, 4.69) is 0 Å². The summed E-state index contributed by atoms with van der Waals surface area (Å²) < 4.78 is 34.4. The van der Waals surface area contributed by atoms with Gasteiger partial charge < -0.3 is 28.4 Å². The molecule has 4 aromatic rings. The van der Waals surface area contributed by atoms with Gasteiger partial charge in [0.15, 0.2) is 11.5 Å². The van der Waals surface area contributed by atoms with E-state index in [1.165, 1.54) is 14.2 Å². The standard InChI is InChI=1S/C30H27ClO8/c1-5-36-27-25(38-29(32)20-11-7-9-13-23(20)34-3)19-16-15-18(31)17-22(19)26(28(27)37-6-2)39-30(33)21-12-8-10-14-24(21)35-4/h7-17H,5-6H2,1-4H3. The Morgan fingerprint density at radius 1 is 0.641 bits per heavy atom. The fourth-order valence-corrected chi connectivity index (χ4v) is 4.20. The molecule has 0 amide bonds. The van der Waals surface area contributed by atoms with E-state index in [4.69, 9.17) is 40.0 Å². The van der Waals surface area contributed by atoms with Crippen LogP contribution in [-0.4, -0.2) is 39.4 Å². The summed E-state index contributed by atoms with van der Waals surface area (Å²) in [7, 11) is 2.93. The third-order valence-electron chi connectivity index (χ3n) is 5.71. The molecule has 202 valence electrons.